The summed E-state index contributed by atoms with van der Waals surface area (Å²) in [5, 5.41) is 28.4. The first-order valence-corrected chi connectivity index (χ1v) is 13.8. The zero-order valence-corrected chi connectivity index (χ0v) is 22.9. The van der Waals surface area contributed by atoms with Crippen molar-refractivity contribution in [3.8, 4) is 11.8 Å². The SMILES string of the molecule is C=C(/C=C\C=N)c1ccc(/C(N)=C/C(=N)c2ccc3sc4ccc(-n5ccc6cc(C#N)ccc65)cc4c3c2)cc1. The molecule has 0 aliphatic heterocycles. The summed E-state index contributed by atoms with van der Waals surface area (Å²) in [6.07, 6.45) is 8.37. The normalized spacial score (nSPS) is 11.8. The zero-order valence-electron chi connectivity index (χ0n) is 22.1. The van der Waals surface area contributed by atoms with Crippen LogP contribution in [0.15, 0.2) is 116 Å². The molecule has 5 nitrogen and oxygen atoms in total. The van der Waals surface area contributed by atoms with E-state index in [-0.39, 0.29) is 0 Å². The Morgan fingerprint density at radius 1 is 0.878 bits per heavy atom. The van der Waals surface area contributed by atoms with Crippen LogP contribution < -0.4 is 5.73 Å². The lowest BCUT2D eigenvalue weighted by atomic mass is 10.0. The van der Waals surface area contributed by atoms with E-state index in [9.17, 15) is 5.26 Å². The summed E-state index contributed by atoms with van der Waals surface area (Å²) in [6.45, 7) is 4.03. The Morgan fingerprint density at radius 2 is 1.59 bits per heavy atom. The molecule has 0 aliphatic carbocycles. The average molecular weight is 548 g/mol. The molecule has 41 heavy (non-hydrogen) atoms. The van der Waals surface area contributed by atoms with Gasteiger partial charge in [0, 0.05) is 54.9 Å². The van der Waals surface area contributed by atoms with E-state index in [1.165, 1.54) is 10.9 Å². The Morgan fingerprint density at radius 3 is 2.34 bits per heavy atom. The summed E-state index contributed by atoms with van der Waals surface area (Å²) in [6, 6.07) is 30.3. The van der Waals surface area contributed by atoms with Crippen molar-refractivity contribution in [2.45, 2.75) is 0 Å². The van der Waals surface area contributed by atoms with Crippen molar-refractivity contribution < 1.29 is 0 Å². The predicted molar refractivity (Wildman–Crippen MR) is 173 cm³/mol. The molecule has 0 aliphatic rings. The van der Waals surface area contributed by atoms with Gasteiger partial charge in [0.2, 0.25) is 0 Å². The summed E-state index contributed by atoms with van der Waals surface area (Å²) in [5.41, 5.74) is 13.4. The highest BCUT2D eigenvalue weighted by Gasteiger charge is 2.11. The minimum Gasteiger partial charge on any atom is -0.398 e. The molecule has 196 valence electrons. The summed E-state index contributed by atoms with van der Waals surface area (Å²) in [4.78, 5) is 0. The second kappa shape index (κ2) is 10.6. The Balaban J connectivity index is 1.32. The topological polar surface area (TPSA) is 102 Å². The molecule has 6 aromatic rings. The van der Waals surface area contributed by atoms with Crippen molar-refractivity contribution >= 4 is 65.6 Å². The third-order valence-electron chi connectivity index (χ3n) is 7.14. The minimum absolute atomic E-state index is 0.340. The Labute approximate surface area is 241 Å². The van der Waals surface area contributed by atoms with Gasteiger partial charge in [0.25, 0.3) is 0 Å². The molecular weight excluding hydrogens is 522 g/mol. The summed E-state index contributed by atoms with van der Waals surface area (Å²) >= 11 is 1.74. The first-order valence-electron chi connectivity index (χ1n) is 13.0. The molecule has 0 saturated carbocycles. The number of nitriles is 1. The van der Waals surface area contributed by atoms with Gasteiger partial charge in [0.1, 0.15) is 0 Å². The van der Waals surface area contributed by atoms with Crippen LogP contribution in [0, 0.1) is 22.1 Å². The standard InChI is InChI=1S/C35H25N5S/c1-22(3-2-15-36)24-5-7-25(8-6-24)31(38)20-32(39)26-9-12-34-29(18-26)30-19-28(10-13-35(30)41-34)40-16-14-27-17-23(21-37)4-11-33(27)40/h2-20,36,39H,1,38H2/b3-2-,31-20-,36-15?,39-32?. The molecule has 0 radical (unpaired) electrons. The molecular formula is C35H25N5S. The number of fused-ring (bicyclic) bond motifs is 4. The summed E-state index contributed by atoms with van der Waals surface area (Å²) in [7, 11) is 0. The largest absolute Gasteiger partial charge is 0.398 e. The van der Waals surface area contributed by atoms with Gasteiger partial charge in [-0.1, -0.05) is 43.0 Å². The molecule has 0 bridgehead atoms. The molecule has 0 amide bonds. The maximum absolute atomic E-state index is 9.24. The summed E-state index contributed by atoms with van der Waals surface area (Å²) in [5.74, 6) is 0. The van der Waals surface area contributed by atoms with Gasteiger partial charge in [-0.25, -0.2) is 0 Å². The molecule has 2 heterocycles. The fourth-order valence-electron chi connectivity index (χ4n) is 4.98. The number of rotatable bonds is 7. The number of allylic oxidation sites excluding steroid dienone is 4. The fraction of sp³-hybridized carbons (Fsp3) is 0. The second-order valence-electron chi connectivity index (χ2n) is 9.71. The van der Waals surface area contributed by atoms with Gasteiger partial charge in [-0.2, -0.15) is 5.26 Å². The Hall–Kier alpha value is -5.51. The maximum atomic E-state index is 9.24. The van der Waals surface area contributed by atoms with Crippen molar-refractivity contribution in [2.75, 3.05) is 0 Å². The van der Waals surface area contributed by atoms with Gasteiger partial charge in [0.15, 0.2) is 0 Å². The zero-order chi connectivity index (χ0) is 28.5. The van der Waals surface area contributed by atoms with Gasteiger partial charge in [-0.3, -0.25) is 0 Å². The number of aromatic nitrogens is 1. The van der Waals surface area contributed by atoms with Gasteiger partial charge in [-0.15, -0.1) is 11.3 Å². The van der Waals surface area contributed by atoms with Crippen LogP contribution in [0.25, 0.3) is 48.0 Å². The highest BCUT2D eigenvalue weighted by molar-refractivity contribution is 7.25. The van der Waals surface area contributed by atoms with Gasteiger partial charge >= 0.3 is 0 Å². The molecule has 6 heteroatoms. The lowest BCUT2D eigenvalue weighted by molar-refractivity contribution is 1.13. The Bertz CT molecular complexity index is 2110. The number of hydrogen-bond acceptors (Lipinski definition) is 5. The first-order chi connectivity index (χ1) is 19.9. The monoisotopic (exact) mass is 547 g/mol. The number of hydrogen-bond donors (Lipinski definition) is 3. The van der Waals surface area contributed by atoms with Crippen LogP contribution in [0.3, 0.4) is 0 Å². The van der Waals surface area contributed by atoms with E-state index >= 15 is 0 Å². The quantitative estimate of drug-likeness (QED) is 0.138. The highest BCUT2D eigenvalue weighted by atomic mass is 32.1. The van der Waals surface area contributed by atoms with E-state index in [1.54, 1.807) is 29.6 Å². The smallest absolute Gasteiger partial charge is 0.0991 e. The highest BCUT2D eigenvalue weighted by Crippen LogP contribution is 2.36. The van der Waals surface area contributed by atoms with Crippen molar-refractivity contribution in [3.05, 3.63) is 138 Å². The molecule has 0 spiro atoms. The van der Waals surface area contributed by atoms with Crippen LogP contribution in [-0.4, -0.2) is 16.5 Å². The van der Waals surface area contributed by atoms with Crippen LogP contribution in [0.2, 0.25) is 0 Å². The molecule has 4 aromatic carbocycles. The third-order valence-corrected chi connectivity index (χ3v) is 8.30. The maximum Gasteiger partial charge on any atom is 0.0991 e. The molecule has 0 fully saturated rings. The molecule has 4 N–H and O–H groups in total. The molecule has 0 saturated heterocycles. The van der Waals surface area contributed by atoms with E-state index in [4.69, 9.17) is 16.6 Å². The third kappa shape index (κ3) is 4.87. The fourth-order valence-corrected chi connectivity index (χ4v) is 6.05. The van der Waals surface area contributed by atoms with Gasteiger partial charge < -0.3 is 21.1 Å². The van der Waals surface area contributed by atoms with E-state index in [1.807, 2.05) is 60.8 Å². The predicted octanol–water partition coefficient (Wildman–Crippen LogP) is 8.46. The van der Waals surface area contributed by atoms with Crippen molar-refractivity contribution in [3.63, 3.8) is 0 Å². The minimum atomic E-state index is 0.340. The van der Waals surface area contributed by atoms with Crippen LogP contribution in [0.4, 0.5) is 0 Å². The van der Waals surface area contributed by atoms with Gasteiger partial charge in [-0.05, 0) is 83.4 Å². The Kier molecular flexibility index (Phi) is 6.64. The van der Waals surface area contributed by atoms with E-state index in [0.717, 1.165) is 54.3 Å². The van der Waals surface area contributed by atoms with Gasteiger partial charge in [0.05, 0.1) is 22.9 Å². The lowest BCUT2D eigenvalue weighted by Crippen LogP contribution is -2.02. The number of nitrogens with two attached hydrogens (primary N) is 1. The van der Waals surface area contributed by atoms with Crippen LogP contribution in [0.5, 0.6) is 0 Å². The van der Waals surface area contributed by atoms with E-state index in [2.05, 4.69) is 47.5 Å². The van der Waals surface area contributed by atoms with E-state index < -0.39 is 0 Å². The average Bonchev–Trinajstić information content (AvgIpc) is 3.60. The molecule has 6 rings (SSSR count). The van der Waals surface area contributed by atoms with Crippen LogP contribution in [-0.2, 0) is 0 Å². The van der Waals surface area contributed by atoms with Crippen molar-refractivity contribution in [2.24, 2.45) is 5.73 Å². The lowest BCUT2D eigenvalue weighted by Gasteiger charge is -2.07. The van der Waals surface area contributed by atoms with E-state index in [0.29, 0.717) is 17.0 Å². The van der Waals surface area contributed by atoms with Crippen molar-refractivity contribution in [1.82, 2.24) is 4.57 Å². The van der Waals surface area contributed by atoms with Crippen LogP contribution in [0.1, 0.15) is 22.3 Å². The first kappa shape index (κ1) is 25.8. The van der Waals surface area contributed by atoms with Crippen LogP contribution >= 0.6 is 11.3 Å². The summed E-state index contributed by atoms with van der Waals surface area (Å²) < 4.78 is 4.48. The molecule has 0 atom stereocenters. The molecule has 0 unspecified atom stereocenters. The number of nitrogens with zero attached hydrogens (tertiary/aromatic N) is 2. The molecule has 2 aromatic heterocycles. The number of nitrogens with one attached hydrogen (secondary N) is 2. The van der Waals surface area contributed by atoms with Crippen molar-refractivity contribution in [1.29, 1.82) is 16.1 Å². The number of benzene rings is 4. The second-order valence-corrected chi connectivity index (χ2v) is 10.8. The number of thiophene rings is 1.